The Morgan fingerprint density at radius 2 is 1.59 bits per heavy atom. The summed E-state index contributed by atoms with van der Waals surface area (Å²) >= 11 is 0. The van der Waals surface area contributed by atoms with Gasteiger partial charge in [0.1, 0.15) is 11.6 Å². The van der Waals surface area contributed by atoms with Crippen LogP contribution >= 0.6 is 0 Å². The smallest absolute Gasteiger partial charge is 0.129 e. The predicted octanol–water partition coefficient (Wildman–Crippen LogP) is 6.40. The highest BCUT2D eigenvalue weighted by Gasteiger charge is 2.28. The first-order chi connectivity index (χ1) is 13.0. The van der Waals surface area contributed by atoms with E-state index in [0.29, 0.717) is 12.0 Å². The molecule has 27 heavy (non-hydrogen) atoms. The first kappa shape index (κ1) is 18.2. The summed E-state index contributed by atoms with van der Waals surface area (Å²) in [5, 5.41) is 9.04. The molecule has 0 N–H and O–H groups in total. The Morgan fingerprint density at radius 3 is 2.26 bits per heavy atom. The summed E-state index contributed by atoms with van der Waals surface area (Å²) in [5.41, 5.74) is 3.97. The molecule has 2 aromatic carbocycles. The minimum Gasteiger partial charge on any atom is -0.207 e. The van der Waals surface area contributed by atoms with Crippen LogP contribution in [-0.2, 0) is 12.8 Å². The normalized spacial score (nSPS) is 24.9. The Hall–Kier alpha value is -2.21. The maximum atomic E-state index is 14.9. The predicted molar refractivity (Wildman–Crippen MR) is 103 cm³/mol. The highest BCUT2D eigenvalue weighted by Crippen LogP contribution is 2.40. The minimum absolute atomic E-state index is 0.133. The first-order valence-corrected chi connectivity index (χ1v) is 10.1. The lowest BCUT2D eigenvalue weighted by molar-refractivity contribution is 0.346. The van der Waals surface area contributed by atoms with Crippen LogP contribution in [0.25, 0.3) is 0 Å². The Morgan fingerprint density at radius 1 is 0.889 bits per heavy atom. The molecule has 0 spiro atoms. The average molecular weight is 365 g/mol. The number of hydrogen-bond acceptors (Lipinski definition) is 1. The van der Waals surface area contributed by atoms with Crippen molar-refractivity contribution in [2.24, 2.45) is 5.92 Å². The zero-order chi connectivity index (χ0) is 19.0. The van der Waals surface area contributed by atoms with E-state index >= 15 is 0 Å². The lowest BCUT2D eigenvalue weighted by atomic mass is 9.77. The zero-order valence-electron chi connectivity index (χ0n) is 15.8. The second-order valence-corrected chi connectivity index (χ2v) is 8.39. The van der Waals surface area contributed by atoms with E-state index in [2.05, 4.69) is 13.0 Å². The van der Waals surface area contributed by atoms with Gasteiger partial charge in [0.25, 0.3) is 0 Å². The maximum Gasteiger partial charge on any atom is 0.129 e. The summed E-state index contributed by atoms with van der Waals surface area (Å²) in [5.74, 6) is 0.108. The van der Waals surface area contributed by atoms with E-state index in [1.165, 1.54) is 0 Å². The molecule has 0 amide bonds. The van der Waals surface area contributed by atoms with E-state index in [1.807, 2.05) is 12.1 Å². The SMILES string of the molecule is CC1CCC(c2cc(F)c(C3CCc4cc(C#N)ccc4C3)c(F)c2)CC1. The van der Waals surface area contributed by atoms with Crippen LogP contribution in [0.3, 0.4) is 0 Å². The van der Waals surface area contributed by atoms with Gasteiger partial charge in [-0.3, -0.25) is 0 Å². The van der Waals surface area contributed by atoms with Crippen molar-refractivity contribution in [3.8, 4) is 6.07 Å². The lowest BCUT2D eigenvalue weighted by Crippen LogP contribution is -2.17. The van der Waals surface area contributed by atoms with Crippen molar-refractivity contribution < 1.29 is 8.78 Å². The number of halogens is 2. The van der Waals surface area contributed by atoms with Gasteiger partial charge in [0.05, 0.1) is 11.6 Å². The number of aryl methyl sites for hydroxylation is 1. The first-order valence-electron chi connectivity index (χ1n) is 10.1. The fourth-order valence-electron chi connectivity index (χ4n) is 4.89. The Labute approximate surface area is 160 Å². The molecule has 2 aromatic rings. The molecule has 1 unspecified atom stereocenters. The van der Waals surface area contributed by atoms with Crippen molar-refractivity contribution in [3.05, 3.63) is 69.8 Å². The summed E-state index contributed by atoms with van der Waals surface area (Å²) in [4.78, 5) is 0. The van der Waals surface area contributed by atoms with E-state index in [9.17, 15) is 8.78 Å². The molecule has 2 aliphatic rings. The van der Waals surface area contributed by atoms with Crippen LogP contribution in [0.1, 0.15) is 78.7 Å². The molecular weight excluding hydrogens is 340 g/mol. The summed E-state index contributed by atoms with van der Waals surface area (Å²) in [6.07, 6.45) is 6.44. The van der Waals surface area contributed by atoms with Crippen LogP contribution in [0.5, 0.6) is 0 Å². The van der Waals surface area contributed by atoms with Gasteiger partial charge >= 0.3 is 0 Å². The van der Waals surface area contributed by atoms with Crippen molar-refractivity contribution in [2.45, 2.75) is 63.7 Å². The van der Waals surface area contributed by atoms with Gasteiger partial charge in [-0.2, -0.15) is 5.26 Å². The Kier molecular flexibility index (Phi) is 5.00. The van der Waals surface area contributed by atoms with E-state index in [4.69, 9.17) is 5.26 Å². The van der Waals surface area contributed by atoms with Gasteiger partial charge in [-0.1, -0.05) is 25.8 Å². The quantitative estimate of drug-likeness (QED) is 0.604. The van der Waals surface area contributed by atoms with Crippen molar-refractivity contribution in [3.63, 3.8) is 0 Å². The standard InChI is InChI=1S/C24H25F2N/c1-15-2-5-17(6-3-15)21-12-22(25)24(23(26)13-21)20-9-8-18-10-16(14-27)4-7-19(18)11-20/h4,7,10,12-13,15,17,20H,2-3,5-6,8-9,11H2,1H3. The topological polar surface area (TPSA) is 23.8 Å². The van der Waals surface area contributed by atoms with Crippen molar-refractivity contribution in [1.82, 2.24) is 0 Å². The molecule has 0 aromatic heterocycles. The second-order valence-electron chi connectivity index (χ2n) is 8.39. The fourth-order valence-corrected chi connectivity index (χ4v) is 4.89. The molecule has 0 aliphatic heterocycles. The average Bonchev–Trinajstić information content (AvgIpc) is 2.67. The van der Waals surface area contributed by atoms with E-state index < -0.39 is 0 Å². The monoisotopic (exact) mass is 365 g/mol. The fraction of sp³-hybridized carbons (Fsp3) is 0.458. The second kappa shape index (κ2) is 7.43. The Bertz CT molecular complexity index is 865. The molecule has 1 atom stereocenters. The molecule has 0 heterocycles. The summed E-state index contributed by atoms with van der Waals surface area (Å²) in [7, 11) is 0. The third-order valence-corrected chi connectivity index (χ3v) is 6.56. The number of rotatable bonds is 2. The van der Waals surface area contributed by atoms with Crippen molar-refractivity contribution in [1.29, 1.82) is 5.26 Å². The van der Waals surface area contributed by atoms with Crippen LogP contribution in [0, 0.1) is 28.9 Å². The van der Waals surface area contributed by atoms with E-state index in [1.54, 1.807) is 18.2 Å². The third-order valence-electron chi connectivity index (χ3n) is 6.56. The van der Waals surface area contributed by atoms with Gasteiger partial charge in [0.2, 0.25) is 0 Å². The van der Waals surface area contributed by atoms with Crippen molar-refractivity contribution in [2.75, 3.05) is 0 Å². The highest BCUT2D eigenvalue weighted by atomic mass is 19.1. The number of nitriles is 1. The molecule has 0 radical (unpaired) electrons. The van der Waals surface area contributed by atoms with E-state index in [0.717, 1.165) is 61.1 Å². The molecule has 4 rings (SSSR count). The van der Waals surface area contributed by atoms with Gasteiger partial charge < -0.3 is 0 Å². The van der Waals surface area contributed by atoms with Gasteiger partial charge in [-0.15, -0.1) is 0 Å². The zero-order valence-corrected chi connectivity index (χ0v) is 15.8. The van der Waals surface area contributed by atoms with Crippen LogP contribution in [0.4, 0.5) is 8.78 Å². The van der Waals surface area contributed by atoms with Gasteiger partial charge in [-0.05, 0) is 90.8 Å². The highest BCUT2D eigenvalue weighted by molar-refractivity contribution is 5.42. The summed E-state index contributed by atoms with van der Waals surface area (Å²) in [6.45, 7) is 2.25. The van der Waals surface area contributed by atoms with Crippen LogP contribution in [0.2, 0.25) is 0 Å². The summed E-state index contributed by atoms with van der Waals surface area (Å²) < 4.78 is 29.9. The minimum atomic E-state index is -0.384. The maximum absolute atomic E-state index is 14.9. The van der Waals surface area contributed by atoms with E-state index in [-0.39, 0.29) is 29.0 Å². The molecule has 0 saturated heterocycles. The number of nitrogens with zero attached hydrogens (tertiary/aromatic N) is 1. The van der Waals surface area contributed by atoms with Crippen LogP contribution < -0.4 is 0 Å². The van der Waals surface area contributed by atoms with Gasteiger partial charge in [0.15, 0.2) is 0 Å². The number of hydrogen-bond donors (Lipinski definition) is 0. The summed E-state index contributed by atoms with van der Waals surface area (Å²) in [6, 6.07) is 11.0. The molecule has 1 fully saturated rings. The Balaban J connectivity index is 1.58. The molecule has 2 aliphatic carbocycles. The molecular formula is C24H25F2N. The third kappa shape index (κ3) is 3.63. The number of benzene rings is 2. The van der Waals surface area contributed by atoms with Crippen LogP contribution in [0.15, 0.2) is 30.3 Å². The van der Waals surface area contributed by atoms with Crippen LogP contribution in [-0.4, -0.2) is 0 Å². The molecule has 1 saturated carbocycles. The molecule has 1 nitrogen and oxygen atoms in total. The molecule has 140 valence electrons. The lowest BCUT2D eigenvalue weighted by Gasteiger charge is -2.28. The van der Waals surface area contributed by atoms with Crippen molar-refractivity contribution >= 4 is 0 Å². The molecule has 0 bridgehead atoms. The molecule has 3 heteroatoms. The van der Waals surface area contributed by atoms with Gasteiger partial charge in [0, 0.05) is 5.56 Å². The number of fused-ring (bicyclic) bond motifs is 1. The van der Waals surface area contributed by atoms with Gasteiger partial charge in [-0.25, -0.2) is 8.78 Å². The largest absolute Gasteiger partial charge is 0.207 e.